The van der Waals surface area contributed by atoms with E-state index in [2.05, 4.69) is 39.5 Å². The highest BCUT2D eigenvalue weighted by Gasteiger charge is 2.20. The van der Waals surface area contributed by atoms with Gasteiger partial charge in [-0.05, 0) is 26.1 Å². The fourth-order valence-corrected chi connectivity index (χ4v) is 2.90. The molecule has 1 fully saturated rings. The summed E-state index contributed by atoms with van der Waals surface area (Å²) in [5.74, 6) is -0.0994. The number of carbonyl (C=O) groups excluding carboxylic acids is 1. The zero-order valence-corrected chi connectivity index (χ0v) is 13.7. The summed E-state index contributed by atoms with van der Waals surface area (Å²) >= 11 is 0. The lowest BCUT2D eigenvalue weighted by atomic mass is 10.2. The van der Waals surface area contributed by atoms with Crippen molar-refractivity contribution in [2.24, 2.45) is 0 Å². The molecule has 0 spiro atoms. The Hall–Kier alpha value is -1.99. The van der Waals surface area contributed by atoms with Gasteiger partial charge >= 0.3 is 0 Å². The number of hydrogen-bond acceptors (Lipinski definition) is 5. The topological polar surface area (TPSA) is 74.6 Å². The summed E-state index contributed by atoms with van der Waals surface area (Å²) < 4.78 is 1.70. The van der Waals surface area contributed by atoms with Crippen molar-refractivity contribution in [3.05, 3.63) is 29.7 Å². The summed E-state index contributed by atoms with van der Waals surface area (Å²) in [7, 11) is 0. The third-order valence-corrected chi connectivity index (χ3v) is 4.35. The molecule has 1 aliphatic heterocycles. The van der Waals surface area contributed by atoms with E-state index in [1.807, 2.05) is 12.4 Å². The molecule has 2 aromatic heterocycles. The number of nitrogens with zero attached hydrogens (tertiary/aromatic N) is 4. The highest BCUT2D eigenvalue weighted by atomic mass is 16.1. The first kappa shape index (κ1) is 15.9. The second kappa shape index (κ2) is 7.06. The smallest absolute Gasteiger partial charge is 0.257 e. The molecule has 2 N–H and O–H groups in total. The number of carbonyl (C=O) groups is 1. The van der Waals surface area contributed by atoms with Gasteiger partial charge in [0, 0.05) is 37.1 Å². The minimum atomic E-state index is -0.0994. The lowest BCUT2D eigenvalue weighted by Crippen LogP contribution is -2.36. The van der Waals surface area contributed by atoms with Gasteiger partial charge in [0.15, 0.2) is 5.65 Å². The highest BCUT2D eigenvalue weighted by molar-refractivity contribution is 5.99. The minimum Gasteiger partial charge on any atom is -0.348 e. The summed E-state index contributed by atoms with van der Waals surface area (Å²) in [4.78, 5) is 19.2. The van der Waals surface area contributed by atoms with Crippen LogP contribution in [-0.2, 0) is 6.54 Å². The molecule has 0 aromatic carbocycles. The van der Waals surface area contributed by atoms with Gasteiger partial charge in [-0.1, -0.05) is 13.8 Å². The van der Waals surface area contributed by atoms with Gasteiger partial charge in [0.25, 0.3) is 5.91 Å². The second-order valence-electron chi connectivity index (χ2n) is 5.91. The average molecular weight is 316 g/mol. The van der Waals surface area contributed by atoms with Gasteiger partial charge in [-0.15, -0.1) is 0 Å². The van der Waals surface area contributed by atoms with Crippen molar-refractivity contribution in [3.63, 3.8) is 0 Å². The van der Waals surface area contributed by atoms with E-state index in [1.54, 1.807) is 10.7 Å². The number of aromatic nitrogens is 3. The van der Waals surface area contributed by atoms with Gasteiger partial charge in [0.2, 0.25) is 0 Å². The highest BCUT2D eigenvalue weighted by Crippen LogP contribution is 2.11. The molecule has 1 saturated heterocycles. The molecule has 1 aliphatic rings. The maximum Gasteiger partial charge on any atom is 0.257 e. The summed E-state index contributed by atoms with van der Waals surface area (Å²) in [6.07, 6.45) is 6.35. The zero-order chi connectivity index (χ0) is 16.2. The van der Waals surface area contributed by atoms with E-state index in [0.29, 0.717) is 11.2 Å². The van der Waals surface area contributed by atoms with Crippen LogP contribution in [0.25, 0.3) is 5.65 Å². The number of hydrogen-bond donors (Lipinski definition) is 2. The molecule has 0 aliphatic carbocycles. The normalized spacial score (nSPS) is 18.0. The van der Waals surface area contributed by atoms with E-state index in [4.69, 9.17) is 0 Å². The molecule has 3 rings (SSSR count). The SMILES string of the molecule is CCN(CC)Cc1cnc2c(C(=O)N[C@H]3CCNC3)cnn2c1. The molecule has 0 unspecified atom stereocenters. The van der Waals surface area contributed by atoms with Crippen molar-refractivity contribution in [3.8, 4) is 0 Å². The third kappa shape index (κ3) is 3.51. The fraction of sp³-hybridized carbons (Fsp3) is 0.562. The van der Waals surface area contributed by atoms with Crippen LogP contribution in [0.5, 0.6) is 0 Å². The molecular weight excluding hydrogens is 292 g/mol. The predicted molar refractivity (Wildman–Crippen MR) is 88.4 cm³/mol. The number of rotatable bonds is 6. The molecule has 124 valence electrons. The second-order valence-corrected chi connectivity index (χ2v) is 5.91. The van der Waals surface area contributed by atoms with E-state index >= 15 is 0 Å². The molecule has 7 nitrogen and oxygen atoms in total. The average Bonchev–Trinajstić information content (AvgIpc) is 3.21. The Balaban J connectivity index is 1.76. The Kier molecular flexibility index (Phi) is 4.88. The van der Waals surface area contributed by atoms with Crippen LogP contribution in [-0.4, -0.2) is 57.6 Å². The van der Waals surface area contributed by atoms with Crippen LogP contribution >= 0.6 is 0 Å². The van der Waals surface area contributed by atoms with Crippen molar-refractivity contribution >= 4 is 11.6 Å². The summed E-state index contributed by atoms with van der Waals surface area (Å²) in [5, 5.41) is 10.6. The van der Waals surface area contributed by atoms with Crippen molar-refractivity contribution < 1.29 is 4.79 Å². The predicted octanol–water partition coefficient (Wildman–Crippen LogP) is 0.663. The lowest BCUT2D eigenvalue weighted by molar-refractivity contribution is 0.0941. The summed E-state index contributed by atoms with van der Waals surface area (Å²) in [6.45, 7) is 8.89. The van der Waals surface area contributed by atoms with Gasteiger partial charge in [0.05, 0.1) is 6.20 Å². The van der Waals surface area contributed by atoms with Crippen LogP contribution in [0, 0.1) is 0 Å². The van der Waals surface area contributed by atoms with Crippen LogP contribution in [0.1, 0.15) is 36.2 Å². The van der Waals surface area contributed by atoms with Crippen LogP contribution < -0.4 is 10.6 Å². The maximum absolute atomic E-state index is 12.4. The van der Waals surface area contributed by atoms with Gasteiger partial charge in [-0.3, -0.25) is 9.69 Å². The van der Waals surface area contributed by atoms with E-state index < -0.39 is 0 Å². The largest absolute Gasteiger partial charge is 0.348 e. The van der Waals surface area contributed by atoms with E-state index in [1.165, 1.54) is 0 Å². The van der Waals surface area contributed by atoms with Crippen molar-refractivity contribution in [2.75, 3.05) is 26.2 Å². The fourth-order valence-electron chi connectivity index (χ4n) is 2.90. The van der Waals surface area contributed by atoms with Crippen LogP contribution in [0.15, 0.2) is 18.6 Å². The van der Waals surface area contributed by atoms with Crippen LogP contribution in [0.2, 0.25) is 0 Å². The molecular formula is C16H24N6O. The number of nitrogens with one attached hydrogen (secondary N) is 2. The Morgan fingerprint density at radius 3 is 2.96 bits per heavy atom. The molecule has 2 aromatic rings. The number of fused-ring (bicyclic) bond motifs is 1. The monoisotopic (exact) mass is 316 g/mol. The van der Waals surface area contributed by atoms with E-state index in [0.717, 1.165) is 44.7 Å². The Morgan fingerprint density at radius 1 is 1.43 bits per heavy atom. The standard InChI is InChI=1S/C16H24N6O/c1-3-21(4-2)10-12-7-18-15-14(9-19-22(15)11-12)16(23)20-13-5-6-17-8-13/h7,9,11,13,17H,3-6,8,10H2,1-2H3,(H,20,23)/t13-/m0/s1. The van der Waals surface area contributed by atoms with Crippen LogP contribution in [0.4, 0.5) is 0 Å². The van der Waals surface area contributed by atoms with Gasteiger partial charge < -0.3 is 10.6 Å². The molecule has 0 saturated carbocycles. The lowest BCUT2D eigenvalue weighted by Gasteiger charge is -2.17. The Bertz CT molecular complexity index is 672. The molecule has 1 amide bonds. The first-order chi connectivity index (χ1) is 11.2. The molecule has 7 heteroatoms. The molecule has 0 radical (unpaired) electrons. The molecule has 1 atom stereocenters. The molecule has 0 bridgehead atoms. The van der Waals surface area contributed by atoms with Gasteiger partial charge in [-0.2, -0.15) is 5.10 Å². The summed E-state index contributed by atoms with van der Waals surface area (Å²) in [5.41, 5.74) is 2.24. The third-order valence-electron chi connectivity index (χ3n) is 4.35. The Labute approximate surface area is 136 Å². The first-order valence-electron chi connectivity index (χ1n) is 8.27. The Morgan fingerprint density at radius 2 is 2.26 bits per heavy atom. The maximum atomic E-state index is 12.4. The minimum absolute atomic E-state index is 0.0994. The quantitative estimate of drug-likeness (QED) is 0.819. The van der Waals surface area contributed by atoms with Crippen molar-refractivity contribution in [1.29, 1.82) is 0 Å². The van der Waals surface area contributed by atoms with Gasteiger partial charge in [-0.25, -0.2) is 9.50 Å². The molecule has 3 heterocycles. The first-order valence-corrected chi connectivity index (χ1v) is 8.27. The van der Waals surface area contributed by atoms with Gasteiger partial charge in [0.1, 0.15) is 5.56 Å². The van der Waals surface area contributed by atoms with E-state index in [9.17, 15) is 4.79 Å². The van der Waals surface area contributed by atoms with Crippen molar-refractivity contribution in [1.82, 2.24) is 30.1 Å². The van der Waals surface area contributed by atoms with Crippen molar-refractivity contribution in [2.45, 2.75) is 32.9 Å². The van der Waals surface area contributed by atoms with E-state index in [-0.39, 0.29) is 11.9 Å². The summed E-state index contributed by atoms with van der Waals surface area (Å²) in [6, 6.07) is 0.194. The van der Waals surface area contributed by atoms with Crippen LogP contribution in [0.3, 0.4) is 0 Å². The number of amides is 1. The zero-order valence-electron chi connectivity index (χ0n) is 13.7. The molecule has 23 heavy (non-hydrogen) atoms.